The van der Waals surface area contributed by atoms with E-state index < -0.39 is 0 Å². The van der Waals surface area contributed by atoms with E-state index in [0.717, 1.165) is 0 Å². The maximum absolute atomic E-state index is 6.08. The minimum absolute atomic E-state index is 0.381. The van der Waals surface area contributed by atoms with Crippen LogP contribution >= 0.6 is 0 Å². The number of hydrogen-bond acceptors (Lipinski definition) is 1. The Morgan fingerprint density at radius 1 is 1.07 bits per heavy atom. The summed E-state index contributed by atoms with van der Waals surface area (Å²) in [6.45, 7) is 16.1. The van der Waals surface area contributed by atoms with E-state index >= 15 is 0 Å². The second kappa shape index (κ2) is 4.08. The lowest BCUT2D eigenvalue weighted by atomic mass is 9.75. The second-order valence-electron chi connectivity index (χ2n) is 7.44. The molecule has 15 heavy (non-hydrogen) atoms. The molecule has 1 rings (SSSR count). The Hall–Kier alpha value is -0.0400. The summed E-state index contributed by atoms with van der Waals surface area (Å²) in [7, 11) is 0. The predicted molar refractivity (Wildman–Crippen MR) is 66.0 cm³/mol. The zero-order valence-electron chi connectivity index (χ0n) is 11.6. The van der Waals surface area contributed by atoms with Gasteiger partial charge in [-0.3, -0.25) is 0 Å². The summed E-state index contributed by atoms with van der Waals surface area (Å²) in [4.78, 5) is 0. The van der Waals surface area contributed by atoms with Crippen molar-refractivity contribution < 1.29 is 4.74 Å². The van der Waals surface area contributed by atoms with Crippen LogP contribution in [0.4, 0.5) is 0 Å². The predicted octanol–water partition coefficient (Wildman–Crippen LogP) is 4.26. The first-order chi connectivity index (χ1) is 6.59. The Morgan fingerprint density at radius 2 is 1.60 bits per heavy atom. The highest BCUT2D eigenvalue weighted by molar-refractivity contribution is 4.88. The minimum Gasteiger partial charge on any atom is -0.375 e. The third-order valence-corrected chi connectivity index (χ3v) is 3.44. The van der Waals surface area contributed by atoms with Gasteiger partial charge in [0.1, 0.15) is 0 Å². The summed E-state index contributed by atoms with van der Waals surface area (Å²) in [5.74, 6) is 0.713. The van der Waals surface area contributed by atoms with Crippen molar-refractivity contribution in [2.24, 2.45) is 16.7 Å². The molecule has 0 aliphatic carbocycles. The van der Waals surface area contributed by atoms with E-state index in [2.05, 4.69) is 48.5 Å². The van der Waals surface area contributed by atoms with Gasteiger partial charge in [0.05, 0.1) is 12.2 Å². The van der Waals surface area contributed by atoms with Crippen LogP contribution in [0, 0.1) is 16.7 Å². The maximum atomic E-state index is 6.08. The zero-order valence-corrected chi connectivity index (χ0v) is 11.6. The van der Waals surface area contributed by atoms with Crippen LogP contribution in [0.2, 0.25) is 0 Å². The van der Waals surface area contributed by atoms with Crippen molar-refractivity contribution in [3.05, 3.63) is 0 Å². The van der Waals surface area contributed by atoms with Crippen molar-refractivity contribution in [3.63, 3.8) is 0 Å². The molecule has 0 bridgehead atoms. The second-order valence-corrected chi connectivity index (χ2v) is 7.44. The largest absolute Gasteiger partial charge is 0.375 e. The smallest absolute Gasteiger partial charge is 0.0587 e. The fraction of sp³-hybridized carbons (Fsp3) is 1.00. The Labute approximate surface area is 95.6 Å². The van der Waals surface area contributed by atoms with E-state index in [1.165, 1.54) is 12.8 Å². The molecule has 1 saturated heterocycles. The van der Waals surface area contributed by atoms with Crippen molar-refractivity contribution >= 4 is 0 Å². The fourth-order valence-electron chi connectivity index (χ4n) is 2.80. The summed E-state index contributed by atoms with van der Waals surface area (Å²) in [6, 6.07) is 0. The SMILES string of the molecule is CC1OC(CC(C)(C)C)CC1C(C)(C)C. The standard InChI is InChI=1S/C14H28O/c1-10-12(14(5,6)7)8-11(15-10)9-13(2,3)4/h10-12H,8-9H2,1-7H3. The topological polar surface area (TPSA) is 9.23 Å². The van der Waals surface area contributed by atoms with Crippen LogP contribution in [0.1, 0.15) is 61.3 Å². The van der Waals surface area contributed by atoms with Crippen LogP contribution in [0.15, 0.2) is 0 Å². The van der Waals surface area contributed by atoms with Gasteiger partial charge in [0.15, 0.2) is 0 Å². The molecular formula is C14H28O. The molecule has 0 radical (unpaired) electrons. The lowest BCUT2D eigenvalue weighted by Crippen LogP contribution is -2.26. The van der Waals surface area contributed by atoms with Crippen LogP contribution in [-0.2, 0) is 4.74 Å². The quantitative estimate of drug-likeness (QED) is 0.631. The van der Waals surface area contributed by atoms with E-state index in [1.54, 1.807) is 0 Å². The van der Waals surface area contributed by atoms with Gasteiger partial charge in [-0.2, -0.15) is 0 Å². The van der Waals surface area contributed by atoms with Crippen LogP contribution in [-0.4, -0.2) is 12.2 Å². The molecule has 0 aromatic carbocycles. The third-order valence-electron chi connectivity index (χ3n) is 3.44. The fourth-order valence-corrected chi connectivity index (χ4v) is 2.80. The van der Waals surface area contributed by atoms with Gasteiger partial charge in [-0.1, -0.05) is 41.5 Å². The summed E-state index contributed by atoms with van der Waals surface area (Å²) >= 11 is 0. The van der Waals surface area contributed by atoms with E-state index in [1.807, 2.05) is 0 Å². The highest BCUT2D eigenvalue weighted by atomic mass is 16.5. The van der Waals surface area contributed by atoms with Crippen LogP contribution < -0.4 is 0 Å². The zero-order chi connectivity index (χ0) is 11.9. The summed E-state index contributed by atoms with van der Waals surface area (Å²) in [5, 5.41) is 0. The van der Waals surface area contributed by atoms with Gasteiger partial charge in [-0.05, 0) is 36.5 Å². The molecule has 1 aliphatic heterocycles. The van der Waals surface area contributed by atoms with E-state index in [4.69, 9.17) is 4.74 Å². The molecule has 0 spiro atoms. The van der Waals surface area contributed by atoms with Gasteiger partial charge in [0.2, 0.25) is 0 Å². The molecule has 0 amide bonds. The normalized spacial score (nSPS) is 33.4. The first kappa shape index (κ1) is 13.0. The average molecular weight is 212 g/mol. The van der Waals surface area contributed by atoms with Crippen molar-refractivity contribution in [1.29, 1.82) is 0 Å². The van der Waals surface area contributed by atoms with Crippen molar-refractivity contribution in [2.75, 3.05) is 0 Å². The van der Waals surface area contributed by atoms with E-state index in [-0.39, 0.29) is 0 Å². The van der Waals surface area contributed by atoms with E-state index in [9.17, 15) is 0 Å². The first-order valence-electron chi connectivity index (χ1n) is 6.25. The van der Waals surface area contributed by atoms with Gasteiger partial charge < -0.3 is 4.74 Å². The van der Waals surface area contributed by atoms with Crippen molar-refractivity contribution in [1.82, 2.24) is 0 Å². The molecule has 1 fully saturated rings. The number of ether oxygens (including phenoxy) is 1. The average Bonchev–Trinajstić information content (AvgIpc) is 2.25. The molecule has 0 saturated carbocycles. The maximum Gasteiger partial charge on any atom is 0.0587 e. The van der Waals surface area contributed by atoms with Crippen molar-refractivity contribution in [2.45, 2.75) is 73.5 Å². The Kier molecular flexibility index (Phi) is 3.55. The molecule has 1 heterocycles. The Morgan fingerprint density at radius 3 is 1.93 bits per heavy atom. The minimum atomic E-state index is 0.381. The lowest BCUT2D eigenvalue weighted by Gasteiger charge is -2.29. The first-order valence-corrected chi connectivity index (χ1v) is 6.25. The Bertz CT molecular complexity index is 206. The third kappa shape index (κ3) is 3.79. The van der Waals surface area contributed by atoms with Crippen LogP contribution in [0.25, 0.3) is 0 Å². The van der Waals surface area contributed by atoms with Crippen LogP contribution in [0.3, 0.4) is 0 Å². The lowest BCUT2D eigenvalue weighted by molar-refractivity contribution is 0.0140. The van der Waals surface area contributed by atoms with E-state index in [0.29, 0.717) is 29.0 Å². The van der Waals surface area contributed by atoms with Crippen molar-refractivity contribution in [3.8, 4) is 0 Å². The molecule has 0 N–H and O–H groups in total. The molecule has 3 unspecified atom stereocenters. The van der Waals surface area contributed by atoms with Gasteiger partial charge >= 0.3 is 0 Å². The van der Waals surface area contributed by atoms with Gasteiger partial charge in [-0.25, -0.2) is 0 Å². The summed E-state index contributed by atoms with van der Waals surface area (Å²) in [5.41, 5.74) is 0.767. The molecule has 1 aliphatic rings. The molecule has 1 nitrogen and oxygen atoms in total. The van der Waals surface area contributed by atoms with Gasteiger partial charge in [-0.15, -0.1) is 0 Å². The Balaban J connectivity index is 2.57. The summed E-state index contributed by atoms with van der Waals surface area (Å²) < 4.78 is 6.08. The molecule has 0 aromatic rings. The highest BCUT2D eigenvalue weighted by Gasteiger charge is 2.40. The number of hydrogen-bond donors (Lipinski definition) is 0. The monoisotopic (exact) mass is 212 g/mol. The number of rotatable bonds is 1. The summed E-state index contributed by atoms with van der Waals surface area (Å²) in [6.07, 6.45) is 3.33. The highest BCUT2D eigenvalue weighted by Crippen LogP contribution is 2.42. The molecular weight excluding hydrogens is 184 g/mol. The molecule has 3 atom stereocenters. The molecule has 0 aromatic heterocycles. The molecule has 1 heteroatoms. The molecule has 90 valence electrons. The van der Waals surface area contributed by atoms with Gasteiger partial charge in [0, 0.05) is 0 Å². The van der Waals surface area contributed by atoms with Gasteiger partial charge in [0.25, 0.3) is 0 Å². The van der Waals surface area contributed by atoms with Crippen LogP contribution in [0.5, 0.6) is 0 Å².